The molecule has 0 bridgehead atoms. The number of rotatable bonds is 5. The van der Waals surface area contributed by atoms with E-state index in [2.05, 4.69) is 10.0 Å². The average Bonchev–Trinajstić information content (AvgIpc) is 2.63. The van der Waals surface area contributed by atoms with Crippen LogP contribution in [-0.2, 0) is 10.0 Å². The molecule has 0 fully saturated rings. The zero-order valence-corrected chi connectivity index (χ0v) is 10.3. The van der Waals surface area contributed by atoms with Crippen molar-refractivity contribution in [2.75, 3.05) is 18.9 Å². The van der Waals surface area contributed by atoms with E-state index in [1.807, 2.05) is 0 Å². The Morgan fingerprint density at radius 3 is 2.62 bits per heavy atom. The van der Waals surface area contributed by atoms with Crippen LogP contribution >= 0.6 is 11.3 Å². The topological polar surface area (TPSA) is 101 Å². The Kier molecular flexibility index (Phi) is 3.83. The maximum absolute atomic E-state index is 11.4. The molecule has 7 nitrogen and oxygen atoms in total. The second-order valence-corrected chi connectivity index (χ2v) is 5.94. The number of sulfonamides is 1. The van der Waals surface area contributed by atoms with Gasteiger partial charge in [0, 0.05) is 12.6 Å². The van der Waals surface area contributed by atoms with Gasteiger partial charge in [0.05, 0.1) is 4.92 Å². The molecule has 0 saturated carbocycles. The molecule has 1 rings (SSSR count). The van der Waals surface area contributed by atoms with Gasteiger partial charge in [-0.2, -0.15) is 0 Å². The van der Waals surface area contributed by atoms with Gasteiger partial charge in [0.15, 0.2) is 5.00 Å². The van der Waals surface area contributed by atoms with Crippen LogP contribution in [0.15, 0.2) is 10.3 Å². The molecule has 0 aliphatic heterocycles. The van der Waals surface area contributed by atoms with Crippen LogP contribution in [0.4, 0.5) is 10.7 Å². The molecule has 1 aromatic heterocycles. The summed E-state index contributed by atoms with van der Waals surface area (Å²) in [5, 5.41) is 13.7. The second kappa shape index (κ2) is 4.76. The standard InChI is InChI=1S/C7H11N3O4S2/c1-3-9-7-5(10(11)12)4-6(15-7)16(13,14)8-2/h4,8-9H,3H2,1-2H3. The number of nitrogens with one attached hydrogen (secondary N) is 2. The van der Waals surface area contributed by atoms with Crippen LogP contribution in [0.1, 0.15) is 6.92 Å². The van der Waals surface area contributed by atoms with Crippen LogP contribution in [0.2, 0.25) is 0 Å². The molecule has 0 saturated heterocycles. The number of nitrogens with zero attached hydrogens (tertiary/aromatic N) is 1. The molecule has 90 valence electrons. The maximum Gasteiger partial charge on any atom is 0.304 e. The van der Waals surface area contributed by atoms with Crippen molar-refractivity contribution in [3.63, 3.8) is 0 Å². The number of thiophene rings is 1. The van der Waals surface area contributed by atoms with Crippen LogP contribution in [0.3, 0.4) is 0 Å². The van der Waals surface area contributed by atoms with Gasteiger partial charge >= 0.3 is 5.69 Å². The Hall–Kier alpha value is -1.19. The quantitative estimate of drug-likeness (QED) is 0.610. The van der Waals surface area contributed by atoms with Crippen molar-refractivity contribution in [3.05, 3.63) is 16.2 Å². The lowest BCUT2D eigenvalue weighted by Crippen LogP contribution is -2.17. The molecule has 0 aromatic carbocycles. The van der Waals surface area contributed by atoms with Crippen molar-refractivity contribution >= 4 is 32.0 Å². The first-order chi connectivity index (χ1) is 7.42. The largest absolute Gasteiger partial charge is 0.372 e. The lowest BCUT2D eigenvalue weighted by atomic mass is 10.5. The Morgan fingerprint density at radius 2 is 2.19 bits per heavy atom. The molecule has 0 atom stereocenters. The second-order valence-electron chi connectivity index (χ2n) is 2.77. The van der Waals surface area contributed by atoms with E-state index in [9.17, 15) is 18.5 Å². The van der Waals surface area contributed by atoms with E-state index in [4.69, 9.17) is 0 Å². The third-order valence-electron chi connectivity index (χ3n) is 1.76. The number of hydrogen-bond donors (Lipinski definition) is 2. The molecule has 0 unspecified atom stereocenters. The molecule has 9 heteroatoms. The molecule has 0 amide bonds. The van der Waals surface area contributed by atoms with Gasteiger partial charge in [0.2, 0.25) is 10.0 Å². The van der Waals surface area contributed by atoms with E-state index in [0.717, 1.165) is 17.4 Å². The molecular weight excluding hydrogens is 254 g/mol. The highest BCUT2D eigenvalue weighted by molar-refractivity contribution is 7.91. The highest BCUT2D eigenvalue weighted by Crippen LogP contribution is 2.36. The SMILES string of the molecule is CCNc1sc(S(=O)(=O)NC)cc1[N+](=O)[O-]. The number of hydrogen-bond acceptors (Lipinski definition) is 6. The predicted octanol–water partition coefficient (Wildman–Crippen LogP) is 0.996. The lowest BCUT2D eigenvalue weighted by Gasteiger charge is -1.97. The highest BCUT2D eigenvalue weighted by atomic mass is 32.2. The van der Waals surface area contributed by atoms with Gasteiger partial charge in [-0.25, -0.2) is 13.1 Å². The fourth-order valence-corrected chi connectivity index (χ4v) is 3.25. The maximum atomic E-state index is 11.4. The van der Waals surface area contributed by atoms with Gasteiger partial charge in [0.1, 0.15) is 4.21 Å². The highest BCUT2D eigenvalue weighted by Gasteiger charge is 2.24. The summed E-state index contributed by atoms with van der Waals surface area (Å²) in [6.45, 7) is 2.26. The minimum Gasteiger partial charge on any atom is -0.372 e. The van der Waals surface area contributed by atoms with Crippen molar-refractivity contribution in [2.45, 2.75) is 11.1 Å². The molecule has 1 aromatic rings. The first-order valence-electron chi connectivity index (χ1n) is 4.38. The first kappa shape index (κ1) is 12.9. The third kappa shape index (κ3) is 2.49. The van der Waals surface area contributed by atoms with Gasteiger partial charge in [-0.1, -0.05) is 11.3 Å². The Labute approximate surface area is 96.7 Å². The van der Waals surface area contributed by atoms with Crippen LogP contribution < -0.4 is 10.0 Å². The zero-order chi connectivity index (χ0) is 12.3. The van der Waals surface area contributed by atoms with Crippen LogP contribution in [0.25, 0.3) is 0 Å². The van der Waals surface area contributed by atoms with E-state index < -0.39 is 14.9 Å². The summed E-state index contributed by atoms with van der Waals surface area (Å²) in [4.78, 5) is 10.1. The predicted molar refractivity (Wildman–Crippen MR) is 61.4 cm³/mol. The summed E-state index contributed by atoms with van der Waals surface area (Å²) in [5.41, 5.74) is -0.222. The number of nitro groups is 1. The van der Waals surface area contributed by atoms with Gasteiger partial charge < -0.3 is 5.32 Å². The lowest BCUT2D eigenvalue weighted by molar-refractivity contribution is -0.383. The Bertz CT molecular complexity index is 494. The van der Waals surface area contributed by atoms with Crippen LogP contribution in [-0.4, -0.2) is 26.9 Å². The molecule has 2 N–H and O–H groups in total. The van der Waals surface area contributed by atoms with Crippen molar-refractivity contribution in [2.24, 2.45) is 0 Å². The monoisotopic (exact) mass is 265 g/mol. The summed E-state index contributed by atoms with van der Waals surface area (Å²) >= 11 is 0.841. The average molecular weight is 265 g/mol. The molecule has 0 radical (unpaired) electrons. The molecular formula is C7H11N3O4S2. The van der Waals surface area contributed by atoms with Crippen molar-refractivity contribution in [1.82, 2.24) is 4.72 Å². The molecule has 0 aliphatic rings. The molecule has 0 aliphatic carbocycles. The summed E-state index contributed by atoms with van der Waals surface area (Å²) in [6, 6.07) is 1.05. The van der Waals surface area contributed by atoms with Gasteiger partial charge in [0.25, 0.3) is 0 Å². The first-order valence-corrected chi connectivity index (χ1v) is 6.68. The van der Waals surface area contributed by atoms with Crippen LogP contribution in [0.5, 0.6) is 0 Å². The summed E-state index contributed by atoms with van der Waals surface area (Å²) < 4.78 is 24.9. The summed E-state index contributed by atoms with van der Waals surface area (Å²) in [7, 11) is -2.37. The summed E-state index contributed by atoms with van der Waals surface area (Å²) in [6.07, 6.45) is 0. The molecule has 1 heterocycles. The normalized spacial score (nSPS) is 11.4. The zero-order valence-electron chi connectivity index (χ0n) is 8.68. The molecule has 16 heavy (non-hydrogen) atoms. The van der Waals surface area contributed by atoms with Crippen molar-refractivity contribution in [1.29, 1.82) is 0 Å². The summed E-state index contributed by atoms with van der Waals surface area (Å²) in [5.74, 6) is 0. The fraction of sp³-hybridized carbons (Fsp3) is 0.429. The number of anilines is 1. The van der Waals surface area contributed by atoms with E-state index in [-0.39, 0.29) is 14.9 Å². The van der Waals surface area contributed by atoms with Crippen LogP contribution in [0, 0.1) is 10.1 Å². The minimum absolute atomic E-state index is 0.0716. The van der Waals surface area contributed by atoms with Gasteiger partial charge in [-0.15, -0.1) is 0 Å². The fourth-order valence-electron chi connectivity index (χ4n) is 1.02. The smallest absolute Gasteiger partial charge is 0.304 e. The van der Waals surface area contributed by atoms with Gasteiger partial charge in [-0.05, 0) is 14.0 Å². The van der Waals surface area contributed by atoms with E-state index in [0.29, 0.717) is 6.54 Å². The van der Waals surface area contributed by atoms with E-state index in [1.165, 1.54) is 7.05 Å². The van der Waals surface area contributed by atoms with Crippen molar-refractivity contribution < 1.29 is 13.3 Å². The van der Waals surface area contributed by atoms with Gasteiger partial charge in [-0.3, -0.25) is 10.1 Å². The Morgan fingerprint density at radius 1 is 1.56 bits per heavy atom. The minimum atomic E-state index is -3.63. The van der Waals surface area contributed by atoms with E-state index >= 15 is 0 Å². The molecule has 0 spiro atoms. The van der Waals surface area contributed by atoms with Crippen molar-refractivity contribution in [3.8, 4) is 0 Å². The Balaban J connectivity index is 3.26. The third-order valence-corrected chi connectivity index (χ3v) is 4.73. The van der Waals surface area contributed by atoms with E-state index in [1.54, 1.807) is 6.92 Å².